The Bertz CT molecular complexity index is 1510. The summed E-state index contributed by atoms with van der Waals surface area (Å²) in [5.74, 6) is 0.713. The maximum absolute atomic E-state index is 13.3. The highest BCUT2D eigenvalue weighted by molar-refractivity contribution is 5.99. The van der Waals surface area contributed by atoms with Gasteiger partial charge in [-0.15, -0.1) is 0 Å². The highest BCUT2D eigenvalue weighted by Gasteiger charge is 2.26. The Morgan fingerprint density at radius 1 is 0.957 bits per heavy atom. The van der Waals surface area contributed by atoms with Crippen molar-refractivity contribution >= 4 is 34.3 Å². The van der Waals surface area contributed by atoms with Gasteiger partial charge in [-0.25, -0.2) is 19.6 Å². The lowest BCUT2D eigenvalue weighted by Crippen LogP contribution is -2.43. The lowest BCUT2D eigenvalue weighted by atomic mass is 9.96. The molecule has 250 valence electrons. The second kappa shape index (κ2) is 14.2. The van der Waals surface area contributed by atoms with Gasteiger partial charge in [0.1, 0.15) is 17.0 Å². The number of aliphatic hydroxyl groups is 1. The van der Waals surface area contributed by atoms with Gasteiger partial charge in [0.25, 0.3) is 0 Å². The smallest absolute Gasteiger partial charge is 0.413 e. The van der Waals surface area contributed by atoms with E-state index < -0.39 is 28.9 Å². The summed E-state index contributed by atoms with van der Waals surface area (Å²) in [5, 5.41) is 17.9. The highest BCUT2D eigenvalue weighted by atomic mass is 16.6. The van der Waals surface area contributed by atoms with Crippen LogP contribution in [0.4, 0.5) is 16.3 Å². The monoisotopic (exact) mass is 635 g/mol. The molecular weight excluding hydrogens is 586 g/mol. The molecular formula is C35H49N5O6. The van der Waals surface area contributed by atoms with E-state index in [-0.39, 0.29) is 0 Å². The molecule has 3 heterocycles. The molecule has 1 aliphatic heterocycles. The Kier molecular flexibility index (Phi) is 10.8. The number of piperidine rings is 1. The predicted octanol–water partition coefficient (Wildman–Crippen LogP) is 6.41. The van der Waals surface area contributed by atoms with Crippen molar-refractivity contribution in [1.82, 2.24) is 14.9 Å². The van der Waals surface area contributed by atoms with Crippen molar-refractivity contribution in [3.8, 4) is 5.88 Å². The van der Waals surface area contributed by atoms with Crippen LogP contribution in [-0.4, -0.2) is 75.1 Å². The Balaban J connectivity index is 1.44. The van der Waals surface area contributed by atoms with E-state index in [1.54, 1.807) is 39.2 Å². The number of anilines is 2. The largest absolute Gasteiger partial charge is 0.477 e. The van der Waals surface area contributed by atoms with Crippen LogP contribution in [0.2, 0.25) is 0 Å². The first kappa shape index (κ1) is 34.9. The SMILES string of the molecule is CC(C)(O)CN1CCC(COc2cc(C(=O)OC(C)(C)C)c(CNc3ccc4c(NC(=O)OC(C)(C)C)nccc4c3)cn2)CC1. The number of fused-ring (bicyclic) bond motifs is 1. The average molecular weight is 636 g/mol. The summed E-state index contributed by atoms with van der Waals surface area (Å²) in [6.07, 6.45) is 4.65. The van der Waals surface area contributed by atoms with Crippen LogP contribution >= 0.6 is 0 Å². The lowest BCUT2D eigenvalue weighted by Gasteiger charge is -2.35. The molecule has 1 saturated heterocycles. The summed E-state index contributed by atoms with van der Waals surface area (Å²) in [7, 11) is 0. The van der Waals surface area contributed by atoms with Crippen LogP contribution in [0.3, 0.4) is 0 Å². The molecule has 0 aliphatic carbocycles. The Morgan fingerprint density at radius 2 is 1.65 bits per heavy atom. The number of esters is 1. The minimum Gasteiger partial charge on any atom is -0.477 e. The summed E-state index contributed by atoms with van der Waals surface area (Å²) in [5.41, 5.74) is -0.128. The number of hydrogen-bond donors (Lipinski definition) is 3. The van der Waals surface area contributed by atoms with E-state index in [1.165, 1.54) is 0 Å². The molecule has 46 heavy (non-hydrogen) atoms. The zero-order valence-corrected chi connectivity index (χ0v) is 28.4. The van der Waals surface area contributed by atoms with Gasteiger partial charge in [0.15, 0.2) is 0 Å². The third-order valence-electron chi connectivity index (χ3n) is 7.23. The van der Waals surface area contributed by atoms with Crippen LogP contribution in [0.25, 0.3) is 10.8 Å². The molecule has 4 rings (SSSR count). The van der Waals surface area contributed by atoms with Gasteiger partial charge >= 0.3 is 12.1 Å². The van der Waals surface area contributed by atoms with Crippen LogP contribution in [0.1, 0.15) is 84.2 Å². The summed E-state index contributed by atoms with van der Waals surface area (Å²) < 4.78 is 17.2. The maximum Gasteiger partial charge on any atom is 0.413 e. The standard InChI is InChI=1S/C35H49N5O6/c1-33(2,3)45-31(41)28-18-29(44-21-23-12-15-40(16-13-23)22-35(7,8)43)38-20-25(28)19-37-26-9-10-27-24(17-26)11-14-36-30(27)39-32(42)46-34(4,5)6/h9-11,14,17-18,20,23,37,43H,12-13,15-16,19,21-22H2,1-8H3,(H,36,39,42). The van der Waals surface area contributed by atoms with E-state index in [2.05, 4.69) is 25.5 Å². The first-order valence-electron chi connectivity index (χ1n) is 15.9. The number of pyridine rings is 2. The van der Waals surface area contributed by atoms with Gasteiger partial charge < -0.3 is 29.5 Å². The molecule has 3 aromatic rings. The molecule has 0 spiro atoms. The summed E-state index contributed by atoms with van der Waals surface area (Å²) in [4.78, 5) is 36.7. The van der Waals surface area contributed by atoms with Crippen molar-refractivity contribution in [2.75, 3.05) is 36.9 Å². The number of aromatic nitrogens is 2. The normalized spacial score (nSPS) is 15.0. The van der Waals surface area contributed by atoms with E-state index in [1.807, 2.05) is 58.9 Å². The number of rotatable bonds is 10. The van der Waals surface area contributed by atoms with E-state index in [0.717, 1.165) is 42.4 Å². The average Bonchev–Trinajstić information content (AvgIpc) is 2.93. The van der Waals surface area contributed by atoms with Gasteiger partial charge in [0.05, 0.1) is 17.8 Å². The number of benzene rings is 1. The maximum atomic E-state index is 13.3. The molecule has 3 N–H and O–H groups in total. The highest BCUT2D eigenvalue weighted by Crippen LogP contribution is 2.27. The number of nitrogens with zero attached hydrogens (tertiary/aromatic N) is 3. The summed E-state index contributed by atoms with van der Waals surface area (Å²) in [6.45, 7) is 17.9. The molecule has 1 aliphatic rings. The van der Waals surface area contributed by atoms with Gasteiger partial charge in [-0.2, -0.15) is 0 Å². The first-order valence-corrected chi connectivity index (χ1v) is 15.9. The number of carbonyl (C=O) groups is 2. The molecule has 1 amide bonds. The van der Waals surface area contributed by atoms with Crippen molar-refractivity contribution in [1.29, 1.82) is 0 Å². The fourth-order valence-electron chi connectivity index (χ4n) is 5.25. The van der Waals surface area contributed by atoms with Crippen LogP contribution < -0.4 is 15.4 Å². The van der Waals surface area contributed by atoms with Crippen LogP contribution in [0.15, 0.2) is 42.7 Å². The molecule has 11 nitrogen and oxygen atoms in total. The molecule has 0 bridgehead atoms. The third-order valence-corrected chi connectivity index (χ3v) is 7.23. The second-order valence-corrected chi connectivity index (χ2v) is 14.6. The van der Waals surface area contributed by atoms with E-state index in [4.69, 9.17) is 14.2 Å². The summed E-state index contributed by atoms with van der Waals surface area (Å²) in [6, 6.07) is 9.22. The van der Waals surface area contributed by atoms with Crippen molar-refractivity contribution in [3.05, 3.63) is 53.9 Å². The van der Waals surface area contributed by atoms with Crippen LogP contribution in [-0.2, 0) is 16.0 Å². The number of nitrogens with one attached hydrogen (secondary N) is 2. The lowest BCUT2D eigenvalue weighted by molar-refractivity contribution is 0.00663. The zero-order valence-electron chi connectivity index (χ0n) is 28.4. The minimum atomic E-state index is -0.710. The quantitative estimate of drug-likeness (QED) is 0.215. The van der Waals surface area contributed by atoms with Crippen molar-refractivity contribution in [2.24, 2.45) is 5.92 Å². The van der Waals surface area contributed by atoms with Crippen molar-refractivity contribution in [2.45, 2.75) is 91.6 Å². The third kappa shape index (κ3) is 10.8. The topological polar surface area (TPSA) is 135 Å². The van der Waals surface area contributed by atoms with Crippen LogP contribution in [0, 0.1) is 5.92 Å². The number of hydrogen-bond acceptors (Lipinski definition) is 10. The minimum absolute atomic E-state index is 0.321. The number of carbonyl (C=O) groups excluding carboxylic acids is 2. The van der Waals surface area contributed by atoms with Gasteiger partial charge in [0.2, 0.25) is 5.88 Å². The Morgan fingerprint density at radius 3 is 2.30 bits per heavy atom. The Hall–Kier alpha value is -3.96. The van der Waals surface area contributed by atoms with Gasteiger partial charge in [-0.3, -0.25) is 5.32 Å². The molecule has 0 atom stereocenters. The molecule has 11 heteroatoms. The number of ether oxygens (including phenoxy) is 3. The predicted molar refractivity (Wildman–Crippen MR) is 179 cm³/mol. The zero-order chi connectivity index (χ0) is 33.7. The van der Waals surface area contributed by atoms with Gasteiger partial charge in [0, 0.05) is 48.2 Å². The van der Waals surface area contributed by atoms with E-state index in [0.29, 0.717) is 48.4 Å². The molecule has 1 aromatic carbocycles. The Labute approximate surface area is 272 Å². The molecule has 1 fully saturated rings. The first-order chi connectivity index (χ1) is 21.4. The van der Waals surface area contributed by atoms with E-state index >= 15 is 0 Å². The van der Waals surface area contributed by atoms with Gasteiger partial charge in [-0.1, -0.05) is 0 Å². The van der Waals surface area contributed by atoms with Crippen molar-refractivity contribution < 1.29 is 28.9 Å². The van der Waals surface area contributed by atoms with Crippen LogP contribution in [0.5, 0.6) is 5.88 Å². The fourth-order valence-corrected chi connectivity index (χ4v) is 5.25. The van der Waals surface area contributed by atoms with Crippen molar-refractivity contribution in [3.63, 3.8) is 0 Å². The molecule has 0 saturated carbocycles. The number of likely N-dealkylation sites (tertiary alicyclic amines) is 1. The molecule has 0 radical (unpaired) electrons. The second-order valence-electron chi connectivity index (χ2n) is 14.6. The number of amides is 1. The number of β-amino-alcohol motifs (C(OH)–C–C–N with tert-alkyl or cyclic N) is 1. The fraction of sp³-hybridized carbons (Fsp3) is 0.543. The molecule has 2 aromatic heterocycles. The summed E-state index contributed by atoms with van der Waals surface area (Å²) >= 11 is 0. The van der Waals surface area contributed by atoms with E-state index in [9.17, 15) is 14.7 Å². The van der Waals surface area contributed by atoms with Gasteiger partial charge in [-0.05, 0) is 117 Å². The molecule has 0 unspecified atom stereocenters.